The molecule has 0 saturated heterocycles. The molecular weight excluding hydrogens is 264 g/mol. The number of rotatable bonds is 6. The predicted octanol–water partition coefficient (Wildman–Crippen LogP) is 3.00. The number of hydrogen-bond donors (Lipinski definition) is 1. The highest BCUT2D eigenvalue weighted by molar-refractivity contribution is 5.21. The quantitative estimate of drug-likeness (QED) is 0.884. The van der Waals surface area contributed by atoms with Gasteiger partial charge in [0.1, 0.15) is 11.6 Å². The Morgan fingerprint density at radius 2 is 2.05 bits per heavy atom. The minimum Gasteiger partial charge on any atom is -0.423 e. The molecule has 1 atom stereocenters. The lowest BCUT2D eigenvalue weighted by Crippen LogP contribution is -2.20. The molecular formula is C14H17F2N3O. The number of hydrogen-bond acceptors (Lipinski definition) is 4. The van der Waals surface area contributed by atoms with Crippen molar-refractivity contribution >= 4 is 0 Å². The van der Waals surface area contributed by atoms with E-state index < -0.39 is 11.6 Å². The molecule has 1 aromatic carbocycles. The Labute approximate surface area is 116 Å². The summed E-state index contributed by atoms with van der Waals surface area (Å²) >= 11 is 0. The third-order valence-corrected chi connectivity index (χ3v) is 3.00. The molecule has 0 aliphatic rings. The fraction of sp³-hybridized carbons (Fsp3) is 0.429. The second-order valence-electron chi connectivity index (χ2n) is 4.47. The third kappa shape index (κ3) is 3.39. The lowest BCUT2D eigenvalue weighted by Gasteiger charge is -2.10. The van der Waals surface area contributed by atoms with Gasteiger partial charge in [-0.05, 0) is 24.6 Å². The van der Waals surface area contributed by atoms with Crippen molar-refractivity contribution < 1.29 is 13.2 Å². The summed E-state index contributed by atoms with van der Waals surface area (Å²) in [5.74, 6) is -0.395. The maximum Gasteiger partial charge on any atom is 0.233 e. The number of aromatic nitrogens is 2. The van der Waals surface area contributed by atoms with E-state index in [2.05, 4.69) is 15.5 Å². The van der Waals surface area contributed by atoms with Crippen molar-refractivity contribution in [2.24, 2.45) is 0 Å². The highest BCUT2D eigenvalue weighted by Gasteiger charge is 2.16. The molecule has 2 rings (SSSR count). The van der Waals surface area contributed by atoms with Gasteiger partial charge in [-0.3, -0.25) is 0 Å². The van der Waals surface area contributed by atoms with Crippen molar-refractivity contribution in [2.75, 3.05) is 6.54 Å². The Balaban J connectivity index is 2.12. The summed E-state index contributed by atoms with van der Waals surface area (Å²) in [4.78, 5) is 0. The molecule has 20 heavy (non-hydrogen) atoms. The van der Waals surface area contributed by atoms with E-state index in [-0.39, 0.29) is 12.5 Å². The van der Waals surface area contributed by atoms with Crippen LogP contribution in [0.2, 0.25) is 0 Å². The van der Waals surface area contributed by atoms with Crippen LogP contribution in [0.1, 0.15) is 43.7 Å². The van der Waals surface area contributed by atoms with E-state index in [0.29, 0.717) is 17.3 Å². The topological polar surface area (TPSA) is 51.0 Å². The van der Waals surface area contributed by atoms with Crippen molar-refractivity contribution in [1.82, 2.24) is 15.5 Å². The van der Waals surface area contributed by atoms with Crippen LogP contribution in [0.25, 0.3) is 0 Å². The number of halogens is 2. The van der Waals surface area contributed by atoms with Crippen molar-refractivity contribution in [1.29, 1.82) is 0 Å². The van der Waals surface area contributed by atoms with Gasteiger partial charge < -0.3 is 9.73 Å². The van der Waals surface area contributed by atoms with Crippen molar-refractivity contribution in [3.8, 4) is 0 Å². The van der Waals surface area contributed by atoms with Crippen LogP contribution in [-0.4, -0.2) is 16.7 Å². The first-order valence-corrected chi connectivity index (χ1v) is 6.63. The van der Waals surface area contributed by atoms with E-state index in [1.54, 1.807) is 0 Å². The predicted molar refractivity (Wildman–Crippen MR) is 70.2 cm³/mol. The molecule has 0 fully saturated rings. The maximum absolute atomic E-state index is 13.5. The molecule has 4 nitrogen and oxygen atoms in total. The van der Waals surface area contributed by atoms with Gasteiger partial charge in [0, 0.05) is 6.07 Å². The summed E-state index contributed by atoms with van der Waals surface area (Å²) in [5, 5.41) is 11.1. The van der Waals surface area contributed by atoms with E-state index in [0.717, 1.165) is 19.0 Å². The van der Waals surface area contributed by atoms with Crippen LogP contribution in [0.4, 0.5) is 8.78 Å². The first-order chi connectivity index (χ1) is 9.63. The SMILES string of the molecule is CCNC(CC)c1nnc(Cc2ccc(F)cc2F)o1. The van der Waals surface area contributed by atoms with Crippen LogP contribution in [0.5, 0.6) is 0 Å². The number of benzene rings is 1. The Hall–Kier alpha value is -1.82. The minimum atomic E-state index is -0.608. The Morgan fingerprint density at radius 1 is 1.25 bits per heavy atom. The average Bonchev–Trinajstić information content (AvgIpc) is 2.87. The first-order valence-electron chi connectivity index (χ1n) is 6.63. The largest absolute Gasteiger partial charge is 0.423 e. The van der Waals surface area contributed by atoms with Crippen LogP contribution in [0.15, 0.2) is 22.6 Å². The van der Waals surface area contributed by atoms with E-state index in [1.165, 1.54) is 12.1 Å². The standard InChI is InChI=1S/C14H17F2N3O/c1-3-12(17-4-2)14-19-18-13(20-14)7-9-5-6-10(15)8-11(9)16/h5-6,8,12,17H,3-4,7H2,1-2H3. The van der Waals surface area contributed by atoms with Crippen molar-refractivity contribution in [2.45, 2.75) is 32.7 Å². The molecule has 0 amide bonds. The molecule has 6 heteroatoms. The average molecular weight is 281 g/mol. The van der Waals surface area contributed by atoms with Gasteiger partial charge in [0.05, 0.1) is 12.5 Å². The maximum atomic E-state index is 13.5. The Kier molecular flexibility index (Phi) is 4.79. The first kappa shape index (κ1) is 14.6. The van der Waals surface area contributed by atoms with Crippen LogP contribution >= 0.6 is 0 Å². The number of nitrogens with zero attached hydrogens (tertiary/aromatic N) is 2. The lowest BCUT2D eigenvalue weighted by atomic mass is 10.1. The Morgan fingerprint density at radius 3 is 2.70 bits per heavy atom. The van der Waals surface area contributed by atoms with Crippen molar-refractivity contribution in [3.05, 3.63) is 47.2 Å². The van der Waals surface area contributed by atoms with Gasteiger partial charge in [-0.25, -0.2) is 8.78 Å². The van der Waals surface area contributed by atoms with E-state index in [1.807, 2.05) is 13.8 Å². The number of nitrogens with one attached hydrogen (secondary N) is 1. The van der Waals surface area contributed by atoms with Crippen LogP contribution in [-0.2, 0) is 6.42 Å². The van der Waals surface area contributed by atoms with E-state index >= 15 is 0 Å². The fourth-order valence-corrected chi connectivity index (χ4v) is 1.96. The molecule has 0 spiro atoms. The molecule has 0 saturated carbocycles. The van der Waals surface area contributed by atoms with Crippen LogP contribution < -0.4 is 5.32 Å². The van der Waals surface area contributed by atoms with Gasteiger partial charge in [0.25, 0.3) is 0 Å². The molecule has 0 aliphatic carbocycles. The summed E-state index contributed by atoms with van der Waals surface area (Å²) in [6.45, 7) is 4.80. The molecule has 1 N–H and O–H groups in total. The van der Waals surface area contributed by atoms with Gasteiger partial charge in [-0.1, -0.05) is 19.9 Å². The molecule has 1 aromatic heterocycles. The summed E-state index contributed by atoms with van der Waals surface area (Å²) in [5.41, 5.74) is 0.332. The normalized spacial score (nSPS) is 12.6. The molecule has 0 aliphatic heterocycles. The summed E-state index contributed by atoms with van der Waals surface area (Å²) < 4.78 is 31.9. The highest BCUT2D eigenvalue weighted by Crippen LogP contribution is 2.18. The second kappa shape index (κ2) is 6.56. The zero-order chi connectivity index (χ0) is 14.5. The van der Waals surface area contributed by atoms with E-state index in [9.17, 15) is 8.78 Å². The van der Waals surface area contributed by atoms with Crippen molar-refractivity contribution in [3.63, 3.8) is 0 Å². The van der Waals surface area contributed by atoms with Gasteiger partial charge in [0.2, 0.25) is 11.8 Å². The van der Waals surface area contributed by atoms with Crippen LogP contribution in [0.3, 0.4) is 0 Å². The third-order valence-electron chi connectivity index (χ3n) is 3.00. The zero-order valence-electron chi connectivity index (χ0n) is 11.5. The molecule has 1 heterocycles. The molecule has 1 unspecified atom stereocenters. The fourth-order valence-electron chi connectivity index (χ4n) is 1.96. The molecule has 0 radical (unpaired) electrons. The lowest BCUT2D eigenvalue weighted by molar-refractivity contribution is 0.379. The Bertz CT molecular complexity index is 571. The van der Waals surface area contributed by atoms with Gasteiger partial charge in [0.15, 0.2) is 0 Å². The molecule has 0 bridgehead atoms. The van der Waals surface area contributed by atoms with Gasteiger partial charge >= 0.3 is 0 Å². The van der Waals surface area contributed by atoms with Crippen LogP contribution in [0, 0.1) is 11.6 Å². The summed E-state index contributed by atoms with van der Waals surface area (Å²) in [6.07, 6.45) is 0.974. The molecule has 2 aromatic rings. The monoisotopic (exact) mass is 281 g/mol. The molecule has 108 valence electrons. The van der Waals surface area contributed by atoms with E-state index in [4.69, 9.17) is 4.42 Å². The minimum absolute atomic E-state index is 0.000635. The zero-order valence-corrected chi connectivity index (χ0v) is 11.5. The van der Waals surface area contributed by atoms with Gasteiger partial charge in [-0.2, -0.15) is 0 Å². The highest BCUT2D eigenvalue weighted by atomic mass is 19.1. The van der Waals surface area contributed by atoms with Gasteiger partial charge in [-0.15, -0.1) is 10.2 Å². The summed E-state index contributed by atoms with van der Waals surface area (Å²) in [6, 6.07) is 3.44. The second-order valence-corrected chi connectivity index (χ2v) is 4.47. The summed E-state index contributed by atoms with van der Waals surface area (Å²) in [7, 11) is 0. The smallest absolute Gasteiger partial charge is 0.233 e.